The Balaban J connectivity index is 2.32. The quantitative estimate of drug-likeness (QED) is 0.764. The van der Waals surface area contributed by atoms with Crippen molar-refractivity contribution in [2.75, 3.05) is 0 Å². The van der Waals surface area contributed by atoms with Crippen LogP contribution in [0.3, 0.4) is 0 Å². The van der Waals surface area contributed by atoms with Crippen molar-refractivity contribution in [1.29, 1.82) is 0 Å². The fourth-order valence-corrected chi connectivity index (χ4v) is 1.37. The van der Waals surface area contributed by atoms with E-state index in [1.54, 1.807) is 6.26 Å². The molecule has 0 atom stereocenters. The zero-order valence-electron chi connectivity index (χ0n) is 7.36. The molecular formula is C10H9NO3. The van der Waals surface area contributed by atoms with Gasteiger partial charge in [-0.3, -0.25) is 0 Å². The Hall–Kier alpha value is -1.97. The number of nitrogens with one attached hydrogen (secondary N) is 1. The molecule has 0 unspecified atom stereocenters. The molecule has 0 saturated heterocycles. The fraction of sp³-hybridized carbons (Fsp3) is 0.100. The lowest BCUT2D eigenvalue weighted by atomic mass is 10.1. The lowest BCUT2D eigenvalue weighted by molar-refractivity contribution is 0.194. The SMILES string of the molecule is O=C(O)NCc1cccc2ccoc12. The van der Waals surface area contributed by atoms with Gasteiger partial charge in [-0.05, 0) is 6.07 Å². The number of carboxylic acid groups (broad SMARTS) is 1. The first-order valence-corrected chi connectivity index (χ1v) is 4.19. The molecule has 1 heterocycles. The van der Waals surface area contributed by atoms with Crippen LogP contribution in [0.4, 0.5) is 4.79 Å². The Kier molecular flexibility index (Phi) is 2.10. The number of benzene rings is 1. The highest BCUT2D eigenvalue weighted by molar-refractivity contribution is 5.80. The Morgan fingerprint density at radius 3 is 3.07 bits per heavy atom. The van der Waals surface area contributed by atoms with Gasteiger partial charge in [0.25, 0.3) is 0 Å². The summed E-state index contributed by atoms with van der Waals surface area (Å²) in [5, 5.41) is 11.7. The summed E-state index contributed by atoms with van der Waals surface area (Å²) >= 11 is 0. The van der Waals surface area contributed by atoms with Gasteiger partial charge < -0.3 is 14.8 Å². The predicted molar refractivity (Wildman–Crippen MR) is 51.1 cm³/mol. The highest BCUT2D eigenvalue weighted by Crippen LogP contribution is 2.19. The van der Waals surface area contributed by atoms with Gasteiger partial charge in [0.1, 0.15) is 5.58 Å². The molecular weight excluding hydrogens is 182 g/mol. The largest absolute Gasteiger partial charge is 0.465 e. The van der Waals surface area contributed by atoms with Crippen molar-refractivity contribution in [2.45, 2.75) is 6.54 Å². The predicted octanol–water partition coefficient (Wildman–Crippen LogP) is 2.20. The molecule has 0 fully saturated rings. The standard InChI is InChI=1S/C10H9NO3/c12-10(13)11-6-8-3-1-2-7-4-5-14-9(7)8/h1-5,11H,6H2,(H,12,13). The summed E-state index contributed by atoms with van der Waals surface area (Å²) in [6.45, 7) is 0.264. The monoisotopic (exact) mass is 191 g/mol. The molecule has 2 aromatic rings. The molecule has 0 aliphatic heterocycles. The number of hydrogen-bond donors (Lipinski definition) is 2. The van der Waals surface area contributed by atoms with E-state index in [1.807, 2.05) is 24.3 Å². The number of hydrogen-bond acceptors (Lipinski definition) is 2. The number of furan rings is 1. The third kappa shape index (κ3) is 1.54. The van der Waals surface area contributed by atoms with E-state index in [9.17, 15) is 4.79 Å². The molecule has 4 heteroatoms. The smallest absolute Gasteiger partial charge is 0.404 e. The normalized spacial score (nSPS) is 10.3. The summed E-state index contributed by atoms with van der Waals surface area (Å²) in [5.74, 6) is 0. The van der Waals surface area contributed by atoms with E-state index in [4.69, 9.17) is 9.52 Å². The van der Waals surface area contributed by atoms with Crippen LogP contribution in [0.25, 0.3) is 11.0 Å². The van der Waals surface area contributed by atoms with Crippen LogP contribution < -0.4 is 5.32 Å². The van der Waals surface area contributed by atoms with Gasteiger partial charge in [0.2, 0.25) is 0 Å². The van der Waals surface area contributed by atoms with Crippen molar-refractivity contribution in [3.05, 3.63) is 36.1 Å². The van der Waals surface area contributed by atoms with Crippen molar-refractivity contribution in [2.24, 2.45) is 0 Å². The average molecular weight is 191 g/mol. The zero-order chi connectivity index (χ0) is 9.97. The molecule has 14 heavy (non-hydrogen) atoms. The van der Waals surface area contributed by atoms with E-state index in [0.29, 0.717) is 0 Å². The Bertz CT molecular complexity index is 461. The van der Waals surface area contributed by atoms with E-state index >= 15 is 0 Å². The molecule has 1 aromatic heterocycles. The molecule has 72 valence electrons. The van der Waals surface area contributed by atoms with Crippen LogP contribution in [-0.2, 0) is 6.54 Å². The minimum Gasteiger partial charge on any atom is -0.465 e. The number of fused-ring (bicyclic) bond motifs is 1. The summed E-state index contributed by atoms with van der Waals surface area (Å²) < 4.78 is 5.25. The summed E-state index contributed by atoms with van der Waals surface area (Å²) in [4.78, 5) is 10.3. The summed E-state index contributed by atoms with van der Waals surface area (Å²) in [6, 6.07) is 7.47. The highest BCUT2D eigenvalue weighted by Gasteiger charge is 2.04. The Morgan fingerprint density at radius 1 is 1.43 bits per heavy atom. The zero-order valence-corrected chi connectivity index (χ0v) is 7.36. The molecule has 0 bridgehead atoms. The van der Waals surface area contributed by atoms with Crippen LogP contribution in [0.15, 0.2) is 34.9 Å². The molecule has 1 amide bonds. The van der Waals surface area contributed by atoms with Crippen molar-refractivity contribution >= 4 is 17.1 Å². The lowest BCUT2D eigenvalue weighted by Crippen LogP contribution is -2.19. The lowest BCUT2D eigenvalue weighted by Gasteiger charge is -2.01. The van der Waals surface area contributed by atoms with Gasteiger partial charge in [-0.1, -0.05) is 18.2 Å². The van der Waals surface area contributed by atoms with E-state index in [1.165, 1.54) is 0 Å². The summed E-state index contributed by atoms with van der Waals surface area (Å²) in [7, 11) is 0. The number of para-hydroxylation sites is 1. The summed E-state index contributed by atoms with van der Waals surface area (Å²) in [5.41, 5.74) is 1.58. The number of rotatable bonds is 2. The van der Waals surface area contributed by atoms with Crippen LogP contribution in [0.2, 0.25) is 0 Å². The second-order valence-electron chi connectivity index (χ2n) is 2.91. The van der Waals surface area contributed by atoms with Gasteiger partial charge in [0, 0.05) is 17.5 Å². The Morgan fingerprint density at radius 2 is 2.29 bits per heavy atom. The van der Waals surface area contributed by atoms with Gasteiger partial charge in [0.05, 0.1) is 6.26 Å². The maximum absolute atomic E-state index is 10.3. The van der Waals surface area contributed by atoms with Crippen LogP contribution >= 0.6 is 0 Å². The molecule has 0 aliphatic carbocycles. The van der Waals surface area contributed by atoms with Crippen molar-refractivity contribution in [3.63, 3.8) is 0 Å². The summed E-state index contributed by atoms with van der Waals surface area (Å²) in [6.07, 6.45) is 0.558. The average Bonchev–Trinajstić information content (AvgIpc) is 2.62. The van der Waals surface area contributed by atoms with Crippen molar-refractivity contribution in [3.8, 4) is 0 Å². The van der Waals surface area contributed by atoms with E-state index in [0.717, 1.165) is 16.5 Å². The van der Waals surface area contributed by atoms with Gasteiger partial charge >= 0.3 is 6.09 Å². The maximum atomic E-state index is 10.3. The third-order valence-corrected chi connectivity index (χ3v) is 1.99. The number of carbonyl (C=O) groups is 1. The molecule has 0 radical (unpaired) electrons. The third-order valence-electron chi connectivity index (χ3n) is 1.99. The first kappa shape index (κ1) is 8.62. The van der Waals surface area contributed by atoms with Crippen LogP contribution in [0.5, 0.6) is 0 Å². The molecule has 0 saturated carbocycles. The minimum absolute atomic E-state index is 0.264. The topological polar surface area (TPSA) is 62.5 Å². The van der Waals surface area contributed by atoms with Gasteiger partial charge in [-0.2, -0.15) is 0 Å². The fourth-order valence-electron chi connectivity index (χ4n) is 1.37. The first-order valence-electron chi connectivity index (χ1n) is 4.19. The van der Waals surface area contributed by atoms with E-state index in [-0.39, 0.29) is 6.54 Å². The van der Waals surface area contributed by atoms with E-state index in [2.05, 4.69) is 5.32 Å². The molecule has 0 spiro atoms. The van der Waals surface area contributed by atoms with Crippen LogP contribution in [-0.4, -0.2) is 11.2 Å². The molecule has 1 aromatic carbocycles. The second-order valence-corrected chi connectivity index (χ2v) is 2.91. The highest BCUT2D eigenvalue weighted by atomic mass is 16.4. The van der Waals surface area contributed by atoms with Gasteiger partial charge in [-0.25, -0.2) is 4.79 Å². The van der Waals surface area contributed by atoms with E-state index < -0.39 is 6.09 Å². The van der Waals surface area contributed by atoms with Crippen molar-refractivity contribution in [1.82, 2.24) is 5.32 Å². The second kappa shape index (κ2) is 3.41. The van der Waals surface area contributed by atoms with Crippen molar-refractivity contribution < 1.29 is 14.3 Å². The first-order chi connectivity index (χ1) is 6.77. The molecule has 4 nitrogen and oxygen atoms in total. The molecule has 2 N–H and O–H groups in total. The van der Waals surface area contributed by atoms with Crippen LogP contribution in [0.1, 0.15) is 5.56 Å². The molecule has 2 rings (SSSR count). The Labute approximate surface area is 80.1 Å². The number of amides is 1. The minimum atomic E-state index is -1.03. The van der Waals surface area contributed by atoms with Gasteiger partial charge in [0.15, 0.2) is 0 Å². The van der Waals surface area contributed by atoms with Crippen LogP contribution in [0, 0.1) is 0 Å². The molecule has 0 aliphatic rings. The van der Waals surface area contributed by atoms with Gasteiger partial charge in [-0.15, -0.1) is 0 Å². The maximum Gasteiger partial charge on any atom is 0.404 e.